The molecule has 0 aliphatic rings. The van der Waals surface area contributed by atoms with E-state index < -0.39 is 9.84 Å². The summed E-state index contributed by atoms with van der Waals surface area (Å²) in [5.74, 6) is 0.740. The second kappa shape index (κ2) is 5.30. The van der Waals surface area contributed by atoms with E-state index in [1.54, 1.807) is 24.3 Å². The van der Waals surface area contributed by atoms with Gasteiger partial charge in [0.1, 0.15) is 11.6 Å². The van der Waals surface area contributed by atoms with E-state index in [0.717, 1.165) is 6.26 Å². The summed E-state index contributed by atoms with van der Waals surface area (Å²) in [4.78, 5) is 4.23. The minimum absolute atomic E-state index is 0.0680. The van der Waals surface area contributed by atoms with E-state index >= 15 is 0 Å². The third-order valence-corrected chi connectivity index (χ3v) is 3.65. The molecule has 1 aromatic heterocycles. The molecular weight excluding hydrogens is 278 g/mol. The van der Waals surface area contributed by atoms with Crippen molar-refractivity contribution < 1.29 is 13.2 Å². The Bertz CT molecular complexity index is 722. The van der Waals surface area contributed by atoms with Crippen molar-refractivity contribution in [3.05, 3.63) is 48.2 Å². The summed E-state index contributed by atoms with van der Waals surface area (Å²) in [5.41, 5.74) is 5.82. The molecule has 104 valence electrons. The number of aromatic nitrogens is 1. The molecule has 0 bridgehead atoms. The molecular formula is C13H13N3O3S. The van der Waals surface area contributed by atoms with Gasteiger partial charge in [0.05, 0.1) is 4.90 Å². The highest BCUT2D eigenvalue weighted by molar-refractivity contribution is 7.90. The molecule has 2 rings (SSSR count). The van der Waals surface area contributed by atoms with Gasteiger partial charge in [-0.25, -0.2) is 13.4 Å². The molecule has 0 amide bonds. The topological polar surface area (TPSA) is 106 Å². The third-order valence-electron chi connectivity index (χ3n) is 2.52. The van der Waals surface area contributed by atoms with E-state index in [0.29, 0.717) is 17.2 Å². The third kappa shape index (κ3) is 3.33. The van der Waals surface area contributed by atoms with E-state index in [1.807, 2.05) is 0 Å². The maximum atomic E-state index is 11.3. The molecule has 1 aromatic carbocycles. The van der Waals surface area contributed by atoms with Gasteiger partial charge >= 0.3 is 0 Å². The molecule has 0 aliphatic carbocycles. The summed E-state index contributed by atoms with van der Waals surface area (Å²) < 4.78 is 28.1. The number of nitrogens with zero attached hydrogens (tertiary/aromatic N) is 1. The van der Waals surface area contributed by atoms with Gasteiger partial charge in [-0.2, -0.15) is 0 Å². The predicted molar refractivity (Wildman–Crippen MR) is 74.9 cm³/mol. The van der Waals surface area contributed by atoms with Crippen LogP contribution in [0.1, 0.15) is 5.56 Å². The lowest BCUT2D eigenvalue weighted by atomic mass is 10.3. The van der Waals surface area contributed by atoms with Crippen LogP contribution >= 0.6 is 0 Å². The van der Waals surface area contributed by atoms with Crippen LogP contribution in [0.3, 0.4) is 0 Å². The SMILES string of the molecule is CS(=O)(=O)c1ccc(Oc2ccc(C(=N)N)cn2)cc1. The second-order valence-corrected chi connectivity index (χ2v) is 6.16. The average Bonchev–Trinajstić information content (AvgIpc) is 2.39. The fourth-order valence-corrected chi connectivity index (χ4v) is 2.11. The first kappa shape index (κ1) is 14.0. The number of benzene rings is 1. The van der Waals surface area contributed by atoms with Crippen LogP contribution in [-0.4, -0.2) is 25.5 Å². The molecule has 7 heteroatoms. The van der Waals surface area contributed by atoms with E-state index in [4.69, 9.17) is 15.9 Å². The van der Waals surface area contributed by atoms with Crippen LogP contribution in [-0.2, 0) is 9.84 Å². The number of nitrogens with two attached hydrogens (primary N) is 1. The minimum Gasteiger partial charge on any atom is -0.439 e. The Labute approximate surface area is 116 Å². The molecule has 6 nitrogen and oxygen atoms in total. The molecule has 0 aliphatic heterocycles. The Morgan fingerprint density at radius 1 is 1.20 bits per heavy atom. The van der Waals surface area contributed by atoms with E-state index in [-0.39, 0.29) is 10.7 Å². The van der Waals surface area contributed by atoms with Gasteiger partial charge in [-0.15, -0.1) is 0 Å². The first-order chi connectivity index (χ1) is 9.36. The van der Waals surface area contributed by atoms with Gasteiger partial charge in [0, 0.05) is 24.1 Å². The van der Waals surface area contributed by atoms with Gasteiger partial charge in [0.15, 0.2) is 9.84 Å². The van der Waals surface area contributed by atoms with Crippen LogP contribution < -0.4 is 10.5 Å². The fourth-order valence-electron chi connectivity index (χ4n) is 1.48. The van der Waals surface area contributed by atoms with Crippen LogP contribution in [0, 0.1) is 5.41 Å². The lowest BCUT2D eigenvalue weighted by Gasteiger charge is -2.06. The highest BCUT2D eigenvalue weighted by atomic mass is 32.2. The van der Waals surface area contributed by atoms with Gasteiger partial charge in [-0.1, -0.05) is 0 Å². The summed E-state index contributed by atoms with van der Waals surface area (Å²) in [6, 6.07) is 9.24. The van der Waals surface area contributed by atoms with Crippen LogP contribution in [0.25, 0.3) is 0 Å². The second-order valence-electron chi connectivity index (χ2n) is 4.14. The smallest absolute Gasteiger partial charge is 0.219 e. The highest BCUT2D eigenvalue weighted by Gasteiger charge is 2.07. The number of nitrogens with one attached hydrogen (secondary N) is 1. The van der Waals surface area contributed by atoms with E-state index in [2.05, 4.69) is 4.98 Å². The highest BCUT2D eigenvalue weighted by Crippen LogP contribution is 2.21. The maximum absolute atomic E-state index is 11.3. The van der Waals surface area contributed by atoms with Gasteiger partial charge in [0.2, 0.25) is 5.88 Å². The quantitative estimate of drug-likeness (QED) is 0.656. The lowest BCUT2D eigenvalue weighted by Crippen LogP contribution is -2.11. The number of hydrogen-bond acceptors (Lipinski definition) is 5. The lowest BCUT2D eigenvalue weighted by molar-refractivity contribution is 0.462. The molecule has 20 heavy (non-hydrogen) atoms. The van der Waals surface area contributed by atoms with E-state index in [1.165, 1.54) is 18.3 Å². The van der Waals surface area contributed by atoms with Crippen LogP contribution in [0.15, 0.2) is 47.5 Å². The zero-order valence-corrected chi connectivity index (χ0v) is 11.5. The standard InChI is InChI=1S/C13H13N3O3S/c1-20(17,18)11-5-3-10(4-6-11)19-12-7-2-9(8-16-12)13(14)15/h2-8H,1H3,(H3,14,15). The van der Waals surface area contributed by atoms with Crippen molar-refractivity contribution >= 4 is 15.7 Å². The minimum atomic E-state index is -3.22. The Kier molecular flexibility index (Phi) is 3.71. The molecule has 1 heterocycles. The van der Waals surface area contributed by atoms with Crippen molar-refractivity contribution in [1.82, 2.24) is 4.98 Å². The molecule has 0 unspecified atom stereocenters. The molecule has 3 N–H and O–H groups in total. The first-order valence-electron chi connectivity index (χ1n) is 5.65. The van der Waals surface area contributed by atoms with Gasteiger partial charge in [-0.05, 0) is 30.3 Å². The van der Waals surface area contributed by atoms with Gasteiger partial charge in [0.25, 0.3) is 0 Å². The van der Waals surface area contributed by atoms with Crippen LogP contribution in [0.4, 0.5) is 0 Å². The van der Waals surface area contributed by atoms with Gasteiger partial charge in [-0.3, -0.25) is 5.41 Å². The summed E-state index contributed by atoms with van der Waals surface area (Å²) >= 11 is 0. The Hall–Kier alpha value is -2.41. The molecule has 0 fully saturated rings. The number of pyridine rings is 1. The Morgan fingerprint density at radius 3 is 2.30 bits per heavy atom. The fraction of sp³-hybridized carbons (Fsp3) is 0.0769. The Balaban J connectivity index is 2.16. The predicted octanol–water partition coefficient (Wildman–Crippen LogP) is 1.56. The number of hydrogen-bond donors (Lipinski definition) is 2. The first-order valence-corrected chi connectivity index (χ1v) is 7.54. The zero-order valence-electron chi connectivity index (χ0n) is 10.7. The maximum Gasteiger partial charge on any atom is 0.219 e. The molecule has 0 spiro atoms. The van der Waals surface area contributed by atoms with Crippen LogP contribution in [0.2, 0.25) is 0 Å². The number of amidine groups is 1. The molecule has 0 atom stereocenters. The monoisotopic (exact) mass is 291 g/mol. The summed E-state index contributed by atoms with van der Waals surface area (Å²) in [6.07, 6.45) is 2.58. The molecule has 0 saturated heterocycles. The Morgan fingerprint density at radius 2 is 1.85 bits per heavy atom. The van der Waals surface area contributed by atoms with Gasteiger partial charge < -0.3 is 10.5 Å². The largest absolute Gasteiger partial charge is 0.439 e. The van der Waals surface area contributed by atoms with Crippen molar-refractivity contribution in [3.8, 4) is 11.6 Å². The normalized spacial score (nSPS) is 11.1. The van der Waals surface area contributed by atoms with Crippen molar-refractivity contribution in [2.45, 2.75) is 4.90 Å². The van der Waals surface area contributed by atoms with Crippen molar-refractivity contribution in [2.75, 3.05) is 6.26 Å². The van der Waals surface area contributed by atoms with Crippen molar-refractivity contribution in [2.24, 2.45) is 5.73 Å². The number of nitrogen functional groups attached to an aromatic ring is 1. The zero-order chi connectivity index (χ0) is 14.8. The number of ether oxygens (including phenoxy) is 1. The molecule has 0 radical (unpaired) electrons. The summed E-state index contributed by atoms with van der Waals surface area (Å²) in [5, 5.41) is 7.25. The van der Waals surface area contributed by atoms with E-state index in [9.17, 15) is 8.42 Å². The summed E-state index contributed by atoms with van der Waals surface area (Å²) in [7, 11) is -3.22. The van der Waals surface area contributed by atoms with Crippen LogP contribution in [0.5, 0.6) is 11.6 Å². The van der Waals surface area contributed by atoms with Crippen molar-refractivity contribution in [3.63, 3.8) is 0 Å². The average molecular weight is 291 g/mol. The molecule has 0 saturated carbocycles. The summed E-state index contributed by atoms with van der Waals surface area (Å²) in [6.45, 7) is 0. The number of sulfone groups is 1. The molecule has 2 aromatic rings. The van der Waals surface area contributed by atoms with Crippen molar-refractivity contribution in [1.29, 1.82) is 5.41 Å². The number of rotatable bonds is 4.